The van der Waals surface area contributed by atoms with Crippen LogP contribution in [-0.2, 0) is 4.79 Å². The Morgan fingerprint density at radius 3 is 2.75 bits per heavy atom. The zero-order valence-corrected chi connectivity index (χ0v) is 11.8. The second-order valence-electron chi connectivity index (χ2n) is 5.15. The summed E-state index contributed by atoms with van der Waals surface area (Å²) in [7, 11) is 0. The monoisotopic (exact) mass is 279 g/mol. The van der Waals surface area contributed by atoms with Gasteiger partial charge in [0.1, 0.15) is 5.69 Å². The van der Waals surface area contributed by atoms with Gasteiger partial charge in [-0.1, -0.05) is 12.8 Å². The molecule has 1 aliphatic rings. The van der Waals surface area contributed by atoms with E-state index in [0.717, 1.165) is 12.8 Å². The van der Waals surface area contributed by atoms with Gasteiger partial charge in [-0.05, 0) is 25.8 Å². The van der Waals surface area contributed by atoms with Gasteiger partial charge in [0, 0.05) is 19.3 Å². The van der Waals surface area contributed by atoms with Crippen molar-refractivity contribution in [2.75, 3.05) is 13.1 Å². The molecule has 20 heavy (non-hydrogen) atoms. The SMILES string of the molecule is CCN(CCC(=O)O)C(=O)c1ccn(C2CCCC2)n1. The molecule has 0 aromatic carbocycles. The number of aliphatic carboxylic acids is 1. The maximum Gasteiger partial charge on any atom is 0.305 e. The number of carboxylic acids is 1. The van der Waals surface area contributed by atoms with Gasteiger partial charge in [-0.15, -0.1) is 0 Å². The fraction of sp³-hybridized carbons (Fsp3) is 0.643. The van der Waals surface area contributed by atoms with Gasteiger partial charge in [0.15, 0.2) is 0 Å². The van der Waals surface area contributed by atoms with Crippen LogP contribution in [0.5, 0.6) is 0 Å². The molecule has 6 heteroatoms. The molecule has 6 nitrogen and oxygen atoms in total. The number of hydrogen-bond acceptors (Lipinski definition) is 3. The molecular weight excluding hydrogens is 258 g/mol. The number of aromatic nitrogens is 2. The lowest BCUT2D eigenvalue weighted by Crippen LogP contribution is -2.33. The number of carboxylic acid groups (broad SMARTS) is 1. The molecule has 1 N–H and O–H groups in total. The third-order valence-corrected chi connectivity index (χ3v) is 3.79. The van der Waals surface area contributed by atoms with Gasteiger partial charge in [-0.2, -0.15) is 5.10 Å². The summed E-state index contributed by atoms with van der Waals surface area (Å²) in [5.41, 5.74) is 0.407. The number of carbonyl (C=O) groups excluding carboxylic acids is 1. The summed E-state index contributed by atoms with van der Waals surface area (Å²) in [6.45, 7) is 2.55. The molecule has 1 amide bonds. The standard InChI is InChI=1S/C14H21N3O3/c1-2-16(9-8-13(18)19)14(20)12-7-10-17(15-12)11-5-3-4-6-11/h7,10-11H,2-6,8-9H2,1H3,(H,18,19). The third-order valence-electron chi connectivity index (χ3n) is 3.79. The maximum atomic E-state index is 12.3. The Labute approximate surface area is 118 Å². The first-order chi connectivity index (χ1) is 9.61. The molecule has 0 radical (unpaired) electrons. The topological polar surface area (TPSA) is 75.4 Å². The Balaban J connectivity index is 2.01. The fourth-order valence-corrected chi connectivity index (χ4v) is 2.62. The molecular formula is C14H21N3O3. The normalized spacial score (nSPS) is 15.4. The number of carbonyl (C=O) groups is 2. The van der Waals surface area contributed by atoms with Crippen molar-refractivity contribution in [3.63, 3.8) is 0 Å². The van der Waals surface area contributed by atoms with E-state index >= 15 is 0 Å². The quantitative estimate of drug-likeness (QED) is 0.863. The molecule has 2 rings (SSSR count). The summed E-state index contributed by atoms with van der Waals surface area (Å²) in [6, 6.07) is 2.13. The predicted molar refractivity (Wildman–Crippen MR) is 73.6 cm³/mol. The van der Waals surface area contributed by atoms with Crippen LogP contribution in [0, 0.1) is 0 Å². The highest BCUT2D eigenvalue weighted by Crippen LogP contribution is 2.28. The molecule has 1 aromatic rings. The Bertz CT molecular complexity index is 478. The van der Waals surface area contributed by atoms with Crippen molar-refractivity contribution >= 4 is 11.9 Å². The molecule has 0 bridgehead atoms. The van der Waals surface area contributed by atoms with Crippen molar-refractivity contribution in [2.45, 2.75) is 45.1 Å². The smallest absolute Gasteiger partial charge is 0.305 e. The minimum absolute atomic E-state index is 0.0388. The van der Waals surface area contributed by atoms with Crippen LogP contribution in [0.4, 0.5) is 0 Å². The van der Waals surface area contributed by atoms with Gasteiger partial charge < -0.3 is 10.0 Å². The van der Waals surface area contributed by atoms with Crippen LogP contribution in [0.2, 0.25) is 0 Å². The van der Waals surface area contributed by atoms with Crippen LogP contribution < -0.4 is 0 Å². The lowest BCUT2D eigenvalue weighted by atomic mass is 10.3. The fourth-order valence-electron chi connectivity index (χ4n) is 2.62. The molecule has 0 unspecified atom stereocenters. The second kappa shape index (κ2) is 6.54. The van der Waals surface area contributed by atoms with Crippen molar-refractivity contribution in [3.05, 3.63) is 18.0 Å². The van der Waals surface area contributed by atoms with E-state index in [1.54, 1.807) is 6.07 Å². The number of hydrogen-bond donors (Lipinski definition) is 1. The molecule has 1 heterocycles. The third kappa shape index (κ3) is 3.37. The van der Waals surface area contributed by atoms with Crippen molar-refractivity contribution in [1.82, 2.24) is 14.7 Å². The molecule has 0 saturated heterocycles. The Hall–Kier alpha value is -1.85. The van der Waals surface area contributed by atoms with E-state index in [2.05, 4.69) is 5.10 Å². The molecule has 1 saturated carbocycles. The Morgan fingerprint density at radius 2 is 2.15 bits per heavy atom. The van der Waals surface area contributed by atoms with E-state index in [0.29, 0.717) is 18.3 Å². The van der Waals surface area contributed by atoms with Crippen LogP contribution in [0.3, 0.4) is 0 Å². The minimum atomic E-state index is -0.896. The van der Waals surface area contributed by atoms with Crippen LogP contribution in [0.25, 0.3) is 0 Å². The molecule has 1 fully saturated rings. The zero-order valence-electron chi connectivity index (χ0n) is 11.8. The number of amides is 1. The lowest BCUT2D eigenvalue weighted by molar-refractivity contribution is -0.137. The first-order valence-electron chi connectivity index (χ1n) is 7.18. The molecule has 0 spiro atoms. The first kappa shape index (κ1) is 14.6. The number of rotatable bonds is 6. The average molecular weight is 279 g/mol. The van der Waals surface area contributed by atoms with E-state index in [9.17, 15) is 9.59 Å². The van der Waals surface area contributed by atoms with Crippen molar-refractivity contribution in [2.24, 2.45) is 0 Å². The lowest BCUT2D eigenvalue weighted by Gasteiger charge is -2.18. The largest absolute Gasteiger partial charge is 0.481 e. The van der Waals surface area contributed by atoms with Gasteiger partial charge in [0.2, 0.25) is 0 Å². The van der Waals surface area contributed by atoms with Crippen LogP contribution in [-0.4, -0.2) is 44.8 Å². The molecule has 110 valence electrons. The first-order valence-corrected chi connectivity index (χ1v) is 7.18. The van der Waals surface area contributed by atoms with E-state index < -0.39 is 5.97 Å². The van der Waals surface area contributed by atoms with Gasteiger partial charge >= 0.3 is 5.97 Å². The highest BCUT2D eigenvalue weighted by Gasteiger charge is 2.21. The minimum Gasteiger partial charge on any atom is -0.481 e. The summed E-state index contributed by atoms with van der Waals surface area (Å²) in [6.07, 6.45) is 6.48. The van der Waals surface area contributed by atoms with E-state index in [1.165, 1.54) is 17.7 Å². The van der Waals surface area contributed by atoms with Crippen molar-refractivity contribution in [1.29, 1.82) is 0 Å². The maximum absolute atomic E-state index is 12.3. The van der Waals surface area contributed by atoms with Gasteiger partial charge in [0.05, 0.1) is 12.5 Å². The van der Waals surface area contributed by atoms with Crippen molar-refractivity contribution < 1.29 is 14.7 Å². The second-order valence-corrected chi connectivity index (χ2v) is 5.15. The van der Waals surface area contributed by atoms with Gasteiger partial charge in [-0.25, -0.2) is 0 Å². The predicted octanol–water partition coefficient (Wildman–Crippen LogP) is 1.93. The molecule has 0 aliphatic heterocycles. The molecule has 1 aliphatic carbocycles. The van der Waals surface area contributed by atoms with E-state index in [4.69, 9.17) is 5.11 Å². The van der Waals surface area contributed by atoms with Gasteiger partial charge in [-0.3, -0.25) is 14.3 Å². The van der Waals surface area contributed by atoms with E-state index in [1.807, 2.05) is 17.8 Å². The highest BCUT2D eigenvalue weighted by molar-refractivity contribution is 5.92. The van der Waals surface area contributed by atoms with E-state index in [-0.39, 0.29) is 18.9 Å². The number of nitrogens with zero attached hydrogens (tertiary/aromatic N) is 3. The molecule has 0 atom stereocenters. The average Bonchev–Trinajstić information content (AvgIpc) is 3.09. The van der Waals surface area contributed by atoms with Crippen LogP contribution >= 0.6 is 0 Å². The molecule has 1 aromatic heterocycles. The Kier molecular flexibility index (Phi) is 4.76. The summed E-state index contributed by atoms with van der Waals surface area (Å²) < 4.78 is 1.88. The highest BCUT2D eigenvalue weighted by atomic mass is 16.4. The summed E-state index contributed by atoms with van der Waals surface area (Å²) in [5, 5.41) is 13.1. The zero-order chi connectivity index (χ0) is 14.5. The summed E-state index contributed by atoms with van der Waals surface area (Å²) >= 11 is 0. The Morgan fingerprint density at radius 1 is 1.45 bits per heavy atom. The van der Waals surface area contributed by atoms with Gasteiger partial charge in [0.25, 0.3) is 5.91 Å². The van der Waals surface area contributed by atoms with Crippen LogP contribution in [0.1, 0.15) is 55.6 Å². The van der Waals surface area contributed by atoms with Crippen molar-refractivity contribution in [3.8, 4) is 0 Å². The summed E-state index contributed by atoms with van der Waals surface area (Å²) in [4.78, 5) is 24.4. The summed E-state index contributed by atoms with van der Waals surface area (Å²) in [5.74, 6) is -1.08. The van der Waals surface area contributed by atoms with Crippen LogP contribution in [0.15, 0.2) is 12.3 Å².